The lowest BCUT2D eigenvalue weighted by atomic mass is 9.99. The van der Waals surface area contributed by atoms with Gasteiger partial charge in [-0.25, -0.2) is 0 Å². The first kappa shape index (κ1) is 21.6. The van der Waals surface area contributed by atoms with E-state index in [-0.39, 0.29) is 10.8 Å². The highest BCUT2D eigenvalue weighted by Gasteiger charge is 2.37. The van der Waals surface area contributed by atoms with Gasteiger partial charge in [0.15, 0.2) is 14.1 Å². The van der Waals surface area contributed by atoms with Crippen molar-refractivity contribution in [2.75, 3.05) is 20.6 Å². The molecule has 0 atom stereocenters. The fourth-order valence-corrected chi connectivity index (χ4v) is 3.17. The summed E-state index contributed by atoms with van der Waals surface area (Å²) in [5.41, 5.74) is 2.09. The largest absolute Gasteiger partial charge is 0.413 e. The molecule has 1 aromatic rings. The van der Waals surface area contributed by atoms with Gasteiger partial charge in [-0.15, -0.1) is 0 Å². The average molecular weight is 361 g/mol. The number of carbonyl (C=O) groups excluding carboxylic acids is 1. The third-order valence-corrected chi connectivity index (χ3v) is 9.42. The molecule has 0 saturated carbocycles. The van der Waals surface area contributed by atoms with Gasteiger partial charge in [0.25, 0.3) is 0 Å². The van der Waals surface area contributed by atoms with Crippen molar-refractivity contribution < 1.29 is 9.22 Å². The van der Waals surface area contributed by atoms with Crippen LogP contribution in [-0.4, -0.2) is 39.6 Å². The van der Waals surface area contributed by atoms with Crippen LogP contribution in [0.5, 0.6) is 0 Å². The monoisotopic (exact) mass is 360 g/mol. The van der Waals surface area contributed by atoms with Crippen molar-refractivity contribution in [2.45, 2.75) is 58.4 Å². The molecule has 0 aliphatic rings. The second-order valence-electron chi connectivity index (χ2n) is 8.36. The Kier molecular flexibility index (Phi) is 7.55. The van der Waals surface area contributed by atoms with Gasteiger partial charge in [0, 0.05) is 12.0 Å². The molecular weight excluding hydrogens is 328 g/mol. The molecule has 0 aromatic heterocycles. The zero-order chi connectivity index (χ0) is 19.3. The van der Waals surface area contributed by atoms with Gasteiger partial charge < -0.3 is 9.33 Å². The highest BCUT2D eigenvalue weighted by atomic mass is 28.4. The van der Waals surface area contributed by atoms with Gasteiger partial charge >= 0.3 is 0 Å². The van der Waals surface area contributed by atoms with E-state index in [1.807, 2.05) is 14.1 Å². The van der Waals surface area contributed by atoms with Gasteiger partial charge in [-0.2, -0.15) is 5.26 Å². The van der Waals surface area contributed by atoms with Crippen LogP contribution in [0, 0.1) is 11.3 Å². The molecule has 0 amide bonds. The summed E-state index contributed by atoms with van der Waals surface area (Å²) in [7, 11) is 2.10. The smallest absolute Gasteiger partial charge is 0.192 e. The lowest BCUT2D eigenvalue weighted by molar-refractivity contribution is 0.0974. The van der Waals surface area contributed by atoms with Crippen molar-refractivity contribution >= 4 is 14.1 Å². The van der Waals surface area contributed by atoms with Gasteiger partial charge in [-0.05, 0) is 69.0 Å². The number of nitriles is 1. The van der Waals surface area contributed by atoms with Gasteiger partial charge in [-0.3, -0.25) is 4.79 Å². The molecule has 0 fully saturated rings. The molecule has 5 heteroatoms. The molecule has 0 N–H and O–H groups in total. The van der Waals surface area contributed by atoms with E-state index in [1.165, 1.54) is 0 Å². The van der Waals surface area contributed by atoms with E-state index >= 15 is 0 Å². The van der Waals surface area contributed by atoms with Crippen molar-refractivity contribution in [3.63, 3.8) is 0 Å². The van der Waals surface area contributed by atoms with Crippen LogP contribution < -0.4 is 0 Å². The molecule has 0 bridgehead atoms. The second-order valence-corrected chi connectivity index (χ2v) is 13.2. The summed E-state index contributed by atoms with van der Waals surface area (Å²) in [6.07, 6.45) is 1.34. The molecule has 0 spiro atoms. The first-order valence-corrected chi connectivity index (χ1v) is 11.7. The minimum atomic E-state index is -1.91. The minimum absolute atomic E-state index is 0.107. The Morgan fingerprint density at radius 3 is 2.44 bits per heavy atom. The summed E-state index contributed by atoms with van der Waals surface area (Å²) in [6.45, 7) is 12.2. The van der Waals surface area contributed by atoms with Crippen LogP contribution >= 0.6 is 0 Å². The summed E-state index contributed by atoms with van der Waals surface area (Å²) in [6, 6.07) is 7.45. The van der Waals surface area contributed by atoms with Crippen LogP contribution in [0.4, 0.5) is 0 Å². The van der Waals surface area contributed by atoms with Crippen LogP contribution in [0.1, 0.15) is 55.1 Å². The predicted molar refractivity (Wildman–Crippen MR) is 105 cm³/mol. The average Bonchev–Trinajstić information content (AvgIpc) is 2.51. The first-order valence-electron chi connectivity index (χ1n) is 8.83. The zero-order valence-corrected chi connectivity index (χ0v) is 17.8. The molecule has 4 nitrogen and oxygen atoms in total. The third kappa shape index (κ3) is 6.39. The van der Waals surface area contributed by atoms with E-state index in [0.29, 0.717) is 24.2 Å². The number of hydrogen-bond acceptors (Lipinski definition) is 4. The second kappa shape index (κ2) is 8.75. The lowest BCUT2D eigenvalue weighted by Crippen LogP contribution is -2.40. The number of carbonyl (C=O) groups is 1. The fraction of sp³-hybridized carbons (Fsp3) is 0.600. The SMILES string of the molecule is CN(C)CCCC(=O)c1ccc(C#N)cc1CO[Si](C)(C)C(C)(C)C. The molecule has 0 aliphatic heterocycles. The van der Waals surface area contributed by atoms with E-state index < -0.39 is 8.32 Å². The molecule has 0 radical (unpaired) electrons. The highest BCUT2D eigenvalue weighted by molar-refractivity contribution is 6.74. The number of rotatable bonds is 8. The molecule has 0 heterocycles. The van der Waals surface area contributed by atoms with E-state index in [4.69, 9.17) is 4.43 Å². The summed E-state index contributed by atoms with van der Waals surface area (Å²) >= 11 is 0. The number of benzene rings is 1. The predicted octanol–water partition coefficient (Wildman–Crippen LogP) is 4.60. The lowest BCUT2D eigenvalue weighted by Gasteiger charge is -2.36. The number of hydrogen-bond donors (Lipinski definition) is 0. The molecule has 0 saturated heterocycles. The Bertz CT molecular complexity index is 640. The molecule has 25 heavy (non-hydrogen) atoms. The molecule has 1 aromatic carbocycles. The Morgan fingerprint density at radius 1 is 1.28 bits per heavy atom. The summed E-state index contributed by atoms with van der Waals surface area (Å²) in [5, 5.41) is 9.29. The molecule has 138 valence electrons. The standard InChI is InChI=1S/C20H32N2O2Si/c1-20(2,3)25(6,7)24-15-17-13-16(14-21)10-11-18(17)19(23)9-8-12-22(4)5/h10-11,13H,8-9,12,15H2,1-7H3. The minimum Gasteiger partial charge on any atom is -0.413 e. The highest BCUT2D eigenvalue weighted by Crippen LogP contribution is 2.37. The number of Topliss-reactive ketones (excluding diaryl/α,β-unsaturated/α-hetero) is 1. The van der Waals surface area contributed by atoms with Crippen LogP contribution in [0.2, 0.25) is 18.1 Å². The topological polar surface area (TPSA) is 53.3 Å². The Hall–Kier alpha value is -1.48. The van der Waals surface area contributed by atoms with Crippen molar-refractivity contribution in [3.8, 4) is 6.07 Å². The van der Waals surface area contributed by atoms with E-state index in [0.717, 1.165) is 18.5 Å². The third-order valence-electron chi connectivity index (χ3n) is 4.94. The van der Waals surface area contributed by atoms with Crippen molar-refractivity contribution in [2.24, 2.45) is 0 Å². The molecule has 0 aliphatic carbocycles. The van der Waals surface area contributed by atoms with Crippen molar-refractivity contribution in [1.29, 1.82) is 5.26 Å². The van der Waals surface area contributed by atoms with Crippen LogP contribution in [0.3, 0.4) is 0 Å². The van der Waals surface area contributed by atoms with Crippen LogP contribution in [0.15, 0.2) is 18.2 Å². The fourth-order valence-electron chi connectivity index (χ4n) is 2.22. The van der Waals surface area contributed by atoms with Gasteiger partial charge in [0.05, 0.1) is 18.2 Å². The van der Waals surface area contributed by atoms with Crippen molar-refractivity contribution in [1.82, 2.24) is 4.90 Å². The maximum Gasteiger partial charge on any atom is 0.192 e. The Morgan fingerprint density at radius 2 is 1.92 bits per heavy atom. The Labute approximate surface area is 153 Å². The van der Waals surface area contributed by atoms with Crippen LogP contribution in [0.25, 0.3) is 0 Å². The first-order chi connectivity index (χ1) is 11.5. The van der Waals surface area contributed by atoms with Gasteiger partial charge in [-0.1, -0.05) is 20.8 Å². The zero-order valence-electron chi connectivity index (χ0n) is 16.8. The maximum atomic E-state index is 12.6. The Balaban J connectivity index is 2.96. The molecular formula is C20H32N2O2Si. The number of ketones is 1. The van der Waals surface area contributed by atoms with E-state index in [1.54, 1.807) is 18.2 Å². The van der Waals surface area contributed by atoms with Gasteiger partial charge in [0.2, 0.25) is 0 Å². The quantitative estimate of drug-likeness (QED) is 0.502. The van der Waals surface area contributed by atoms with Crippen LogP contribution in [-0.2, 0) is 11.0 Å². The summed E-state index contributed by atoms with van der Waals surface area (Å²) in [5.74, 6) is 0.125. The van der Waals surface area contributed by atoms with Crippen molar-refractivity contribution in [3.05, 3.63) is 34.9 Å². The number of nitrogens with zero attached hydrogens (tertiary/aromatic N) is 2. The normalized spacial score (nSPS) is 12.3. The molecule has 1 rings (SSSR count). The summed E-state index contributed by atoms with van der Waals surface area (Å²) in [4.78, 5) is 14.7. The summed E-state index contributed by atoms with van der Waals surface area (Å²) < 4.78 is 6.28. The van der Waals surface area contributed by atoms with E-state index in [2.05, 4.69) is 44.8 Å². The van der Waals surface area contributed by atoms with E-state index in [9.17, 15) is 10.1 Å². The molecule has 0 unspecified atom stereocenters. The maximum absolute atomic E-state index is 12.6. The van der Waals surface area contributed by atoms with Gasteiger partial charge in [0.1, 0.15) is 0 Å².